The molecule has 1 aliphatic rings. The van der Waals surface area contributed by atoms with Crippen LogP contribution in [-0.4, -0.2) is 35.9 Å². The summed E-state index contributed by atoms with van der Waals surface area (Å²) in [4.78, 5) is 23.4. The summed E-state index contributed by atoms with van der Waals surface area (Å²) in [5.74, 6) is -3.15. The van der Waals surface area contributed by atoms with Gasteiger partial charge < -0.3 is 15.4 Å². The van der Waals surface area contributed by atoms with Gasteiger partial charge in [-0.05, 0) is 12.1 Å². The molecule has 126 valence electrons. The Labute approximate surface area is 129 Å². The Morgan fingerprint density at radius 1 is 1.17 bits per heavy atom. The molecule has 0 aromatic heterocycles. The summed E-state index contributed by atoms with van der Waals surface area (Å²) in [7, 11) is 0. The van der Waals surface area contributed by atoms with E-state index in [-0.39, 0.29) is 18.8 Å². The van der Waals surface area contributed by atoms with Crippen molar-refractivity contribution < 1.29 is 31.9 Å². The SMILES string of the molecule is NC(=O)C(=O)N1CCC(Oc2cc(F)cc(C(F)(F)F)c2)CC1. The van der Waals surface area contributed by atoms with E-state index in [0.29, 0.717) is 18.9 Å². The van der Waals surface area contributed by atoms with Gasteiger partial charge in [-0.15, -0.1) is 0 Å². The Bertz CT molecular complexity index is 611. The van der Waals surface area contributed by atoms with Crippen LogP contribution in [0.5, 0.6) is 5.75 Å². The number of ether oxygens (including phenoxy) is 1. The number of rotatable bonds is 2. The molecule has 2 amide bonds. The Morgan fingerprint density at radius 3 is 2.30 bits per heavy atom. The minimum Gasteiger partial charge on any atom is -0.490 e. The van der Waals surface area contributed by atoms with Crippen LogP contribution >= 0.6 is 0 Å². The maximum atomic E-state index is 13.3. The fourth-order valence-electron chi connectivity index (χ4n) is 2.32. The highest BCUT2D eigenvalue weighted by Gasteiger charge is 2.32. The highest BCUT2D eigenvalue weighted by molar-refractivity contribution is 6.34. The number of benzene rings is 1. The molecule has 0 saturated carbocycles. The summed E-state index contributed by atoms with van der Waals surface area (Å²) in [5, 5.41) is 0. The molecule has 9 heteroatoms. The summed E-state index contributed by atoms with van der Waals surface area (Å²) in [5.41, 5.74) is 3.76. The Balaban J connectivity index is 2.01. The van der Waals surface area contributed by atoms with Crippen LogP contribution in [0.1, 0.15) is 18.4 Å². The molecule has 0 radical (unpaired) electrons. The van der Waals surface area contributed by atoms with Gasteiger partial charge in [-0.25, -0.2) is 4.39 Å². The second-order valence-corrected chi connectivity index (χ2v) is 5.15. The normalized spacial score (nSPS) is 16.3. The maximum absolute atomic E-state index is 13.3. The molecule has 5 nitrogen and oxygen atoms in total. The summed E-state index contributed by atoms with van der Waals surface area (Å²) in [6, 6.07) is 1.99. The quantitative estimate of drug-likeness (QED) is 0.661. The Hall–Kier alpha value is -2.32. The number of hydrogen-bond donors (Lipinski definition) is 1. The second kappa shape index (κ2) is 6.43. The molecule has 23 heavy (non-hydrogen) atoms. The van der Waals surface area contributed by atoms with Gasteiger partial charge in [0.25, 0.3) is 0 Å². The average Bonchev–Trinajstić information content (AvgIpc) is 2.45. The van der Waals surface area contributed by atoms with E-state index >= 15 is 0 Å². The van der Waals surface area contributed by atoms with Gasteiger partial charge in [0.05, 0.1) is 5.56 Å². The lowest BCUT2D eigenvalue weighted by atomic mass is 10.1. The molecule has 0 bridgehead atoms. The number of hydrogen-bond acceptors (Lipinski definition) is 3. The van der Waals surface area contributed by atoms with E-state index in [4.69, 9.17) is 10.5 Å². The van der Waals surface area contributed by atoms with E-state index in [1.807, 2.05) is 0 Å². The minimum absolute atomic E-state index is 0.188. The molecular weight excluding hydrogens is 320 g/mol. The predicted molar refractivity (Wildman–Crippen MR) is 70.8 cm³/mol. The number of halogens is 4. The first-order valence-electron chi connectivity index (χ1n) is 6.80. The molecule has 0 aliphatic carbocycles. The number of nitrogens with two attached hydrogens (primary N) is 1. The van der Waals surface area contributed by atoms with Crippen LogP contribution in [0.4, 0.5) is 17.6 Å². The minimum atomic E-state index is -4.67. The molecule has 0 spiro atoms. The molecule has 2 N–H and O–H groups in total. The largest absolute Gasteiger partial charge is 0.490 e. The third kappa shape index (κ3) is 4.33. The topological polar surface area (TPSA) is 72.6 Å². The van der Waals surface area contributed by atoms with Crippen molar-refractivity contribution in [1.82, 2.24) is 4.90 Å². The van der Waals surface area contributed by atoms with Crippen molar-refractivity contribution in [1.29, 1.82) is 0 Å². The highest BCUT2D eigenvalue weighted by atomic mass is 19.4. The smallest absolute Gasteiger partial charge is 0.416 e. The van der Waals surface area contributed by atoms with Crippen LogP contribution in [0.3, 0.4) is 0 Å². The molecule has 1 aromatic rings. The van der Waals surface area contributed by atoms with Crippen LogP contribution < -0.4 is 10.5 Å². The first-order chi connectivity index (χ1) is 10.7. The number of amides is 2. The fourth-order valence-corrected chi connectivity index (χ4v) is 2.32. The first kappa shape index (κ1) is 17.0. The molecule has 1 fully saturated rings. The molecular formula is C14H14F4N2O3. The van der Waals surface area contributed by atoms with E-state index < -0.39 is 35.5 Å². The van der Waals surface area contributed by atoms with Gasteiger partial charge in [0.15, 0.2) is 0 Å². The van der Waals surface area contributed by atoms with E-state index in [0.717, 1.165) is 12.1 Å². The van der Waals surface area contributed by atoms with Crippen molar-refractivity contribution >= 4 is 11.8 Å². The lowest BCUT2D eigenvalue weighted by Gasteiger charge is -2.31. The average molecular weight is 334 g/mol. The zero-order valence-corrected chi connectivity index (χ0v) is 11.9. The second-order valence-electron chi connectivity index (χ2n) is 5.15. The molecule has 1 aromatic carbocycles. The third-order valence-electron chi connectivity index (χ3n) is 3.44. The number of alkyl halides is 3. The predicted octanol–water partition coefficient (Wildman–Crippen LogP) is 1.70. The summed E-state index contributed by atoms with van der Waals surface area (Å²) in [6.45, 7) is 0.377. The van der Waals surface area contributed by atoms with Gasteiger partial charge in [0.2, 0.25) is 0 Å². The van der Waals surface area contributed by atoms with Crippen LogP contribution in [0.25, 0.3) is 0 Å². The number of carbonyl (C=O) groups excluding carboxylic acids is 2. The van der Waals surface area contributed by atoms with Gasteiger partial charge in [-0.1, -0.05) is 0 Å². The molecule has 1 saturated heterocycles. The number of likely N-dealkylation sites (tertiary alicyclic amines) is 1. The van der Waals surface area contributed by atoms with Gasteiger partial charge in [0.1, 0.15) is 17.7 Å². The molecule has 1 heterocycles. The molecule has 2 rings (SSSR count). The maximum Gasteiger partial charge on any atom is 0.416 e. The highest BCUT2D eigenvalue weighted by Crippen LogP contribution is 2.33. The van der Waals surface area contributed by atoms with Gasteiger partial charge >= 0.3 is 18.0 Å². The first-order valence-corrected chi connectivity index (χ1v) is 6.80. The molecule has 0 atom stereocenters. The standard InChI is InChI=1S/C14H14F4N2O3/c15-9-5-8(14(16,17)18)6-11(7-9)23-10-1-3-20(4-2-10)13(22)12(19)21/h5-7,10H,1-4H2,(H2,19,21). The van der Waals surface area contributed by atoms with E-state index in [9.17, 15) is 27.2 Å². The number of nitrogens with zero attached hydrogens (tertiary/aromatic N) is 1. The summed E-state index contributed by atoms with van der Waals surface area (Å²) in [6.07, 6.45) is -4.54. The number of piperidine rings is 1. The van der Waals surface area contributed by atoms with Crippen molar-refractivity contribution in [3.05, 3.63) is 29.6 Å². The van der Waals surface area contributed by atoms with Crippen molar-refractivity contribution in [3.63, 3.8) is 0 Å². The van der Waals surface area contributed by atoms with Crippen molar-refractivity contribution in [3.8, 4) is 5.75 Å². The van der Waals surface area contributed by atoms with Crippen LogP contribution in [0.2, 0.25) is 0 Å². The summed E-state index contributed by atoms with van der Waals surface area (Å²) < 4.78 is 56.5. The monoisotopic (exact) mass is 334 g/mol. The van der Waals surface area contributed by atoms with Crippen molar-refractivity contribution in [2.75, 3.05) is 13.1 Å². The van der Waals surface area contributed by atoms with Crippen molar-refractivity contribution in [2.24, 2.45) is 5.73 Å². The fraction of sp³-hybridized carbons (Fsp3) is 0.429. The zero-order valence-electron chi connectivity index (χ0n) is 11.9. The third-order valence-corrected chi connectivity index (χ3v) is 3.44. The molecule has 1 aliphatic heterocycles. The van der Waals surface area contributed by atoms with Crippen molar-refractivity contribution in [2.45, 2.75) is 25.1 Å². The Morgan fingerprint density at radius 2 is 1.78 bits per heavy atom. The zero-order chi connectivity index (χ0) is 17.2. The van der Waals surface area contributed by atoms with E-state index in [1.54, 1.807) is 0 Å². The summed E-state index contributed by atoms with van der Waals surface area (Å²) >= 11 is 0. The number of carbonyl (C=O) groups is 2. The lowest BCUT2D eigenvalue weighted by molar-refractivity contribution is -0.145. The van der Waals surface area contributed by atoms with Crippen LogP contribution in [-0.2, 0) is 15.8 Å². The van der Waals surface area contributed by atoms with E-state index in [2.05, 4.69) is 0 Å². The van der Waals surface area contributed by atoms with Crippen LogP contribution in [0.15, 0.2) is 18.2 Å². The van der Waals surface area contributed by atoms with E-state index in [1.165, 1.54) is 4.90 Å². The van der Waals surface area contributed by atoms with Gasteiger partial charge in [-0.2, -0.15) is 13.2 Å². The van der Waals surface area contributed by atoms with Crippen LogP contribution in [0, 0.1) is 5.82 Å². The van der Waals surface area contributed by atoms with Gasteiger partial charge in [0, 0.05) is 32.0 Å². The Kier molecular flexibility index (Phi) is 4.76. The number of primary amides is 1. The molecule has 0 unspecified atom stereocenters. The lowest BCUT2D eigenvalue weighted by Crippen LogP contribution is -2.46. The van der Waals surface area contributed by atoms with Gasteiger partial charge in [-0.3, -0.25) is 9.59 Å².